The monoisotopic (exact) mass is 441 g/mol. The molecule has 1 aliphatic rings. The number of halogens is 1. The van der Waals surface area contributed by atoms with E-state index in [9.17, 15) is 9.59 Å². The van der Waals surface area contributed by atoms with Gasteiger partial charge < -0.3 is 0 Å². The van der Waals surface area contributed by atoms with Crippen LogP contribution in [-0.2, 0) is 11.8 Å². The topological polar surface area (TPSA) is 47.2 Å². The number of aromatic nitrogens is 2. The second kappa shape index (κ2) is 7.67. The van der Waals surface area contributed by atoms with E-state index in [-0.39, 0.29) is 17.2 Å². The molecule has 146 valence electrons. The lowest BCUT2D eigenvalue weighted by Gasteiger charge is -2.12. The van der Waals surface area contributed by atoms with Crippen LogP contribution in [0.15, 0.2) is 64.3 Å². The number of carbonyl (C=O) groups is 1. The van der Waals surface area contributed by atoms with E-state index in [0.29, 0.717) is 25.6 Å². The van der Waals surface area contributed by atoms with Gasteiger partial charge in [0.05, 0.1) is 16.3 Å². The van der Waals surface area contributed by atoms with Gasteiger partial charge in [-0.05, 0) is 42.8 Å². The minimum atomic E-state index is -0.314. The van der Waals surface area contributed by atoms with Crippen molar-refractivity contribution in [2.45, 2.75) is 6.92 Å². The Morgan fingerprint density at radius 3 is 2.48 bits per heavy atom. The summed E-state index contributed by atoms with van der Waals surface area (Å²) in [7, 11) is 1.78. The molecular weight excluding hydrogens is 426 g/mol. The Balaban J connectivity index is 1.79. The lowest BCUT2D eigenvalue weighted by atomic mass is 10.2. The maximum atomic E-state index is 13.2. The molecule has 29 heavy (non-hydrogen) atoms. The Labute approximate surface area is 182 Å². The van der Waals surface area contributed by atoms with Crippen LogP contribution in [0.5, 0.6) is 0 Å². The van der Waals surface area contributed by atoms with Crippen LogP contribution in [0, 0.1) is 6.92 Å². The Hall–Kier alpha value is -2.61. The van der Waals surface area contributed by atoms with Crippen molar-refractivity contribution in [2.75, 3.05) is 4.90 Å². The lowest BCUT2D eigenvalue weighted by molar-refractivity contribution is -0.113. The molecule has 8 heteroatoms. The Morgan fingerprint density at radius 2 is 1.79 bits per heavy atom. The maximum Gasteiger partial charge on any atom is 0.296 e. The normalized spacial score (nSPS) is 15.6. The van der Waals surface area contributed by atoms with E-state index in [0.717, 1.165) is 5.56 Å². The molecule has 4 rings (SSSR count). The Bertz CT molecular complexity index is 1230. The summed E-state index contributed by atoms with van der Waals surface area (Å²) >= 11 is 12.7. The van der Waals surface area contributed by atoms with Crippen LogP contribution in [0.25, 0.3) is 11.8 Å². The summed E-state index contributed by atoms with van der Waals surface area (Å²) in [5.74, 6) is -0.314. The molecule has 1 amide bonds. The molecule has 0 aliphatic carbocycles. The minimum Gasteiger partial charge on any atom is -0.283 e. The van der Waals surface area contributed by atoms with Gasteiger partial charge in [-0.3, -0.25) is 19.2 Å². The second-order valence-electron chi connectivity index (χ2n) is 6.48. The molecule has 0 saturated carbocycles. The summed E-state index contributed by atoms with van der Waals surface area (Å²) in [5.41, 5.74) is 2.14. The van der Waals surface area contributed by atoms with Crippen molar-refractivity contribution in [2.24, 2.45) is 7.05 Å². The quantitative estimate of drug-likeness (QED) is 0.442. The van der Waals surface area contributed by atoms with Gasteiger partial charge in [-0.1, -0.05) is 65.9 Å². The zero-order valence-corrected chi connectivity index (χ0v) is 18.0. The summed E-state index contributed by atoms with van der Waals surface area (Å²) in [4.78, 5) is 28.1. The van der Waals surface area contributed by atoms with Crippen LogP contribution < -0.4 is 10.5 Å². The summed E-state index contributed by atoms with van der Waals surface area (Å²) in [5, 5.41) is 0.582. The minimum absolute atomic E-state index is 0.272. The number of amides is 1. The smallest absolute Gasteiger partial charge is 0.283 e. The molecule has 2 aromatic carbocycles. The van der Waals surface area contributed by atoms with E-state index in [2.05, 4.69) is 0 Å². The highest BCUT2D eigenvalue weighted by Crippen LogP contribution is 2.36. The van der Waals surface area contributed by atoms with Gasteiger partial charge in [0, 0.05) is 12.1 Å². The number of para-hydroxylation sites is 1. The van der Waals surface area contributed by atoms with Crippen molar-refractivity contribution < 1.29 is 4.79 Å². The number of rotatable bonds is 3. The summed E-state index contributed by atoms with van der Waals surface area (Å²) in [6.45, 7) is 1.80. The SMILES string of the molecule is Cc1c(N2C(=O)/C(=C\c3cccc(Cl)c3)SC2=S)c(=O)n(-c2ccccc2)n1C. The van der Waals surface area contributed by atoms with Gasteiger partial charge >= 0.3 is 0 Å². The molecule has 1 aromatic heterocycles. The molecule has 1 saturated heterocycles. The molecule has 0 spiro atoms. The highest BCUT2D eigenvalue weighted by atomic mass is 35.5. The largest absolute Gasteiger partial charge is 0.296 e. The molecule has 1 aliphatic heterocycles. The molecular formula is C21H16ClN3O2S2. The lowest BCUT2D eigenvalue weighted by Crippen LogP contribution is -2.33. The van der Waals surface area contributed by atoms with E-state index in [1.54, 1.807) is 36.9 Å². The molecule has 5 nitrogen and oxygen atoms in total. The van der Waals surface area contributed by atoms with Crippen LogP contribution in [-0.4, -0.2) is 19.6 Å². The fourth-order valence-electron chi connectivity index (χ4n) is 3.22. The highest BCUT2D eigenvalue weighted by molar-refractivity contribution is 8.27. The number of thioether (sulfide) groups is 1. The van der Waals surface area contributed by atoms with Crippen LogP contribution >= 0.6 is 35.6 Å². The first-order valence-corrected chi connectivity index (χ1v) is 10.4. The highest BCUT2D eigenvalue weighted by Gasteiger charge is 2.37. The number of hydrogen-bond acceptors (Lipinski definition) is 4. The van der Waals surface area contributed by atoms with E-state index in [1.807, 2.05) is 42.5 Å². The van der Waals surface area contributed by atoms with Crippen molar-refractivity contribution in [3.05, 3.63) is 86.1 Å². The Kier molecular flexibility index (Phi) is 5.21. The number of anilines is 1. The Morgan fingerprint density at radius 1 is 1.07 bits per heavy atom. The first-order chi connectivity index (χ1) is 13.9. The summed E-state index contributed by atoms with van der Waals surface area (Å²) in [6, 6.07) is 16.5. The van der Waals surface area contributed by atoms with Crippen molar-refractivity contribution in [1.82, 2.24) is 9.36 Å². The van der Waals surface area contributed by atoms with Gasteiger partial charge in [-0.25, -0.2) is 4.68 Å². The molecule has 1 fully saturated rings. The molecule has 0 unspecified atom stereocenters. The fraction of sp³-hybridized carbons (Fsp3) is 0.0952. The zero-order valence-electron chi connectivity index (χ0n) is 15.6. The average Bonchev–Trinajstić information content (AvgIpc) is 3.08. The van der Waals surface area contributed by atoms with Gasteiger partial charge in [0.1, 0.15) is 5.69 Å². The van der Waals surface area contributed by atoms with E-state index in [4.69, 9.17) is 23.8 Å². The van der Waals surface area contributed by atoms with Gasteiger partial charge in [0.2, 0.25) is 0 Å². The van der Waals surface area contributed by atoms with Gasteiger partial charge in [-0.15, -0.1) is 0 Å². The number of nitrogens with zero attached hydrogens (tertiary/aromatic N) is 3. The maximum absolute atomic E-state index is 13.2. The average molecular weight is 442 g/mol. The number of carbonyl (C=O) groups excluding carboxylic acids is 1. The van der Waals surface area contributed by atoms with Crippen LogP contribution in [0.1, 0.15) is 11.3 Å². The van der Waals surface area contributed by atoms with Gasteiger partial charge in [-0.2, -0.15) is 0 Å². The van der Waals surface area contributed by atoms with E-state index < -0.39 is 0 Å². The molecule has 2 heterocycles. The first-order valence-electron chi connectivity index (χ1n) is 8.76. The van der Waals surface area contributed by atoms with E-state index >= 15 is 0 Å². The van der Waals surface area contributed by atoms with Crippen molar-refractivity contribution in [3.63, 3.8) is 0 Å². The van der Waals surface area contributed by atoms with Gasteiger partial charge in [0.25, 0.3) is 11.5 Å². The predicted molar refractivity (Wildman–Crippen MR) is 123 cm³/mol. The summed E-state index contributed by atoms with van der Waals surface area (Å²) < 4.78 is 3.59. The molecule has 3 aromatic rings. The fourth-order valence-corrected chi connectivity index (χ4v) is 4.69. The third-order valence-electron chi connectivity index (χ3n) is 4.69. The third-order valence-corrected chi connectivity index (χ3v) is 6.22. The zero-order chi connectivity index (χ0) is 20.7. The molecule has 0 N–H and O–H groups in total. The standard InChI is InChI=1S/C21H16ClN3O2S2/c1-13-18(20(27)25(23(13)2)16-9-4-3-5-10-16)24-19(26)17(29-21(24)28)12-14-7-6-8-15(22)11-14/h3-12H,1-2H3/b17-12+. The number of benzene rings is 2. The predicted octanol–water partition coefficient (Wildman–Crippen LogP) is 4.54. The van der Waals surface area contributed by atoms with Crippen LogP contribution in [0.4, 0.5) is 5.69 Å². The van der Waals surface area contributed by atoms with Crippen LogP contribution in [0.2, 0.25) is 5.02 Å². The summed E-state index contributed by atoms with van der Waals surface area (Å²) in [6.07, 6.45) is 1.74. The van der Waals surface area contributed by atoms with Crippen molar-refractivity contribution >= 4 is 57.6 Å². The molecule has 0 bridgehead atoms. The van der Waals surface area contributed by atoms with Crippen molar-refractivity contribution in [3.8, 4) is 5.69 Å². The van der Waals surface area contributed by atoms with Crippen molar-refractivity contribution in [1.29, 1.82) is 0 Å². The third kappa shape index (κ3) is 3.46. The number of thiocarbonyl (C=S) groups is 1. The number of hydrogen-bond donors (Lipinski definition) is 0. The molecule has 0 radical (unpaired) electrons. The van der Waals surface area contributed by atoms with Gasteiger partial charge in [0.15, 0.2) is 4.32 Å². The van der Waals surface area contributed by atoms with Crippen LogP contribution in [0.3, 0.4) is 0 Å². The van der Waals surface area contributed by atoms with E-state index in [1.165, 1.54) is 21.3 Å². The molecule has 0 atom stereocenters. The first kappa shape index (κ1) is 19.7. The second-order valence-corrected chi connectivity index (χ2v) is 8.59.